The van der Waals surface area contributed by atoms with Crippen molar-refractivity contribution in [2.75, 3.05) is 14.2 Å². The van der Waals surface area contributed by atoms with Gasteiger partial charge in [0.25, 0.3) is 0 Å². The molecule has 2 atom stereocenters. The van der Waals surface area contributed by atoms with E-state index in [1.807, 2.05) is 13.8 Å². The number of hydroxylamine groups is 1. The Kier molecular flexibility index (Phi) is 5.35. The van der Waals surface area contributed by atoms with Gasteiger partial charge in [-0.05, 0) is 35.4 Å². The number of carbonyl (C=O) groups excluding carboxylic acids is 1. The van der Waals surface area contributed by atoms with Crippen LogP contribution in [0.25, 0.3) is 0 Å². The molecule has 3 aliphatic heterocycles. The van der Waals surface area contributed by atoms with E-state index in [0.717, 1.165) is 11.3 Å². The summed E-state index contributed by atoms with van der Waals surface area (Å²) in [5.41, 5.74) is 2.58. The van der Waals surface area contributed by atoms with E-state index in [2.05, 4.69) is 9.89 Å². The first-order valence-electron chi connectivity index (χ1n) is 9.62. The Labute approximate surface area is 181 Å². The number of alkyl halides is 3. The number of benzene rings is 1. The molecule has 5 rings (SSSR count). The quantitative estimate of drug-likeness (QED) is 0.294. The number of methoxy groups -OCH3 is 1. The molecule has 32 heavy (non-hydrogen) atoms. The van der Waals surface area contributed by atoms with Gasteiger partial charge in [0.05, 0.1) is 19.1 Å². The van der Waals surface area contributed by atoms with Crippen LogP contribution in [0.15, 0.2) is 46.3 Å². The zero-order valence-corrected chi connectivity index (χ0v) is 17.6. The summed E-state index contributed by atoms with van der Waals surface area (Å²) in [6.45, 7) is 3.67. The molecule has 0 fully saturated rings. The summed E-state index contributed by atoms with van der Waals surface area (Å²) in [4.78, 5) is 23.0. The van der Waals surface area contributed by atoms with E-state index in [4.69, 9.17) is 19.1 Å². The summed E-state index contributed by atoms with van der Waals surface area (Å²) in [6.07, 6.45) is -4.68. The number of carbonyl (C=O) groups is 1. The van der Waals surface area contributed by atoms with Crippen molar-refractivity contribution in [1.29, 1.82) is 0 Å². The van der Waals surface area contributed by atoms with Crippen LogP contribution in [0.4, 0.5) is 13.2 Å². The van der Waals surface area contributed by atoms with Crippen LogP contribution in [-0.2, 0) is 19.2 Å². The summed E-state index contributed by atoms with van der Waals surface area (Å²) >= 11 is 0. The maximum absolute atomic E-state index is 13.6. The van der Waals surface area contributed by atoms with E-state index in [-0.39, 0.29) is 17.2 Å². The minimum absolute atomic E-state index is 0.0388. The zero-order chi connectivity index (χ0) is 23.2. The number of ether oxygens (including phenoxy) is 3. The predicted octanol–water partition coefficient (Wildman–Crippen LogP) is 3.59. The van der Waals surface area contributed by atoms with Crippen molar-refractivity contribution >= 4 is 17.4 Å². The Hall–Kier alpha value is -3.50. The topological polar surface area (TPSA) is 78.6 Å². The first-order valence-corrected chi connectivity index (χ1v) is 9.62. The third-order valence-corrected chi connectivity index (χ3v) is 5.22. The van der Waals surface area contributed by atoms with Crippen molar-refractivity contribution in [2.45, 2.75) is 38.8 Å². The highest BCUT2D eigenvalue weighted by atomic mass is 19.3. The zero-order valence-electron chi connectivity index (χ0n) is 17.6. The lowest BCUT2D eigenvalue weighted by molar-refractivity contribution is -0.803. The molecular formula is C21H20F3N2O6+. The second-order valence-corrected chi connectivity index (χ2v) is 7.35. The lowest BCUT2D eigenvalue weighted by atomic mass is 9.92. The molecule has 0 spiro atoms. The Morgan fingerprint density at radius 2 is 2.06 bits per heavy atom. The molecule has 0 saturated carbocycles. The van der Waals surface area contributed by atoms with Gasteiger partial charge in [-0.1, -0.05) is 5.16 Å². The third kappa shape index (κ3) is 3.57. The fourth-order valence-electron chi connectivity index (χ4n) is 3.65. The van der Waals surface area contributed by atoms with Crippen LogP contribution in [0.3, 0.4) is 0 Å². The molecule has 2 bridgehead atoms. The number of hydrogen-bond donors (Lipinski definition) is 0. The van der Waals surface area contributed by atoms with E-state index in [0.29, 0.717) is 23.3 Å². The third-order valence-electron chi connectivity index (χ3n) is 5.22. The molecule has 1 aliphatic carbocycles. The van der Waals surface area contributed by atoms with Gasteiger partial charge in [-0.15, -0.1) is 0 Å². The van der Waals surface area contributed by atoms with Gasteiger partial charge in [0.2, 0.25) is 17.5 Å². The molecule has 8 nitrogen and oxygen atoms in total. The molecule has 1 aromatic carbocycles. The highest BCUT2D eigenvalue weighted by Gasteiger charge is 2.50. The van der Waals surface area contributed by atoms with Gasteiger partial charge >= 0.3 is 18.4 Å². The normalized spacial score (nSPS) is 22.3. The molecule has 170 valence electrons. The molecule has 0 N–H and O–H groups in total. The van der Waals surface area contributed by atoms with Gasteiger partial charge < -0.3 is 19.0 Å². The highest BCUT2D eigenvalue weighted by Crippen LogP contribution is 2.42. The monoisotopic (exact) mass is 453 g/mol. The molecular weight excluding hydrogens is 433 g/mol. The number of fused-ring (bicyclic) bond motifs is 3. The largest absolute Gasteiger partial charge is 0.468 e. The van der Waals surface area contributed by atoms with Gasteiger partial charge in [0.15, 0.2) is 17.2 Å². The van der Waals surface area contributed by atoms with Crippen molar-refractivity contribution < 1.29 is 46.6 Å². The van der Waals surface area contributed by atoms with Crippen molar-refractivity contribution in [3.05, 3.63) is 46.7 Å². The van der Waals surface area contributed by atoms with E-state index < -0.39 is 24.5 Å². The van der Waals surface area contributed by atoms with Crippen LogP contribution in [0.1, 0.15) is 31.9 Å². The van der Waals surface area contributed by atoms with Gasteiger partial charge in [0, 0.05) is 18.6 Å². The Balaban J connectivity index is 1.69. The van der Waals surface area contributed by atoms with E-state index in [1.54, 1.807) is 16.9 Å². The van der Waals surface area contributed by atoms with Crippen LogP contribution in [0, 0.1) is 0 Å². The van der Waals surface area contributed by atoms with Crippen LogP contribution in [0.2, 0.25) is 0 Å². The maximum Gasteiger partial charge on any atom is 0.468 e. The summed E-state index contributed by atoms with van der Waals surface area (Å²) in [5, 5.41) is 3.77. The van der Waals surface area contributed by atoms with Crippen LogP contribution >= 0.6 is 0 Å². The first kappa shape index (κ1) is 21.7. The second kappa shape index (κ2) is 7.88. The molecule has 11 heteroatoms. The number of hydrogen-bond acceptors (Lipinski definition) is 7. The SMILES string of the molecule is CON=C(C(=O)OC)C1=CC2=[N+](C(C)c3ccc4c(c3)OC(F)C(F)(F)O4)OC1=C(C)C2. The highest BCUT2D eigenvalue weighted by molar-refractivity contribution is 6.45. The van der Waals surface area contributed by atoms with Crippen LogP contribution in [0.5, 0.6) is 11.5 Å². The summed E-state index contributed by atoms with van der Waals surface area (Å²) in [6, 6.07) is 3.86. The number of esters is 1. The minimum Gasteiger partial charge on any atom is -0.464 e. The Morgan fingerprint density at radius 3 is 2.72 bits per heavy atom. The molecule has 0 radical (unpaired) electrons. The van der Waals surface area contributed by atoms with Gasteiger partial charge in [-0.25, -0.2) is 9.63 Å². The smallest absolute Gasteiger partial charge is 0.464 e. The summed E-state index contributed by atoms with van der Waals surface area (Å²) in [5.74, 6) is -0.646. The molecule has 1 aromatic rings. The average molecular weight is 453 g/mol. The second-order valence-electron chi connectivity index (χ2n) is 7.35. The minimum atomic E-state index is -4.06. The number of halogens is 3. The Morgan fingerprint density at radius 1 is 1.31 bits per heavy atom. The first-order chi connectivity index (χ1) is 15.2. The molecule has 0 amide bonds. The van der Waals surface area contributed by atoms with E-state index in [9.17, 15) is 18.0 Å². The van der Waals surface area contributed by atoms with Crippen molar-refractivity contribution in [3.63, 3.8) is 0 Å². The van der Waals surface area contributed by atoms with E-state index in [1.165, 1.54) is 26.4 Å². The van der Waals surface area contributed by atoms with Crippen molar-refractivity contribution in [3.8, 4) is 11.5 Å². The van der Waals surface area contributed by atoms with Gasteiger partial charge in [0.1, 0.15) is 7.11 Å². The predicted molar refractivity (Wildman–Crippen MR) is 104 cm³/mol. The molecule has 2 unspecified atom stereocenters. The summed E-state index contributed by atoms with van der Waals surface area (Å²) < 4.78 is 55.8. The lowest BCUT2D eigenvalue weighted by Crippen LogP contribution is -2.43. The number of oxime groups is 1. The lowest BCUT2D eigenvalue weighted by Gasteiger charge is -2.29. The molecule has 0 aromatic heterocycles. The Bertz CT molecular complexity index is 1110. The van der Waals surface area contributed by atoms with Crippen LogP contribution < -0.4 is 9.47 Å². The average Bonchev–Trinajstić information content (AvgIpc) is 2.76. The fourth-order valence-corrected chi connectivity index (χ4v) is 3.65. The van der Waals surface area contributed by atoms with Crippen molar-refractivity contribution in [1.82, 2.24) is 0 Å². The van der Waals surface area contributed by atoms with Crippen molar-refractivity contribution in [2.24, 2.45) is 5.16 Å². The standard InChI is InChI=1S/C21H20F3N2O6/c1-10-7-13-9-14(17(25-29-4)19(27)28-3)18(10)32-26(13)11(2)12-5-6-15-16(8-12)30-20(22)21(23,24)31-15/h5-6,8-9,11,20H,7H2,1-4H3/q+1. The molecule has 4 aliphatic rings. The van der Waals surface area contributed by atoms with Gasteiger partial charge in [-0.2, -0.15) is 13.2 Å². The molecule has 3 heterocycles. The van der Waals surface area contributed by atoms with Gasteiger partial charge in [-0.3, -0.25) is 0 Å². The summed E-state index contributed by atoms with van der Waals surface area (Å²) in [7, 11) is 2.55. The molecule has 0 saturated heterocycles. The van der Waals surface area contributed by atoms with E-state index >= 15 is 0 Å². The van der Waals surface area contributed by atoms with Crippen LogP contribution in [-0.4, -0.2) is 48.8 Å². The number of allylic oxidation sites excluding steroid dienone is 3. The number of nitrogens with zero attached hydrogens (tertiary/aromatic N) is 2. The maximum atomic E-state index is 13.6. The fraction of sp³-hybridized carbons (Fsp3) is 0.381. The number of rotatable bonds is 5.